The average Bonchev–Trinajstić information content (AvgIpc) is 2.52. The minimum Gasteiger partial charge on any atom is -0.497 e. The zero-order valence-corrected chi connectivity index (χ0v) is 12.0. The fourth-order valence-electron chi connectivity index (χ4n) is 1.89. The lowest BCUT2D eigenvalue weighted by atomic mass is 10.1. The number of rotatable bonds is 5. The highest BCUT2D eigenvalue weighted by atomic mass is 16.5. The maximum Gasteiger partial charge on any atom is 0.269 e. The summed E-state index contributed by atoms with van der Waals surface area (Å²) in [4.78, 5) is 16.1. The predicted molar refractivity (Wildman–Crippen MR) is 79.3 cm³/mol. The molecule has 0 saturated heterocycles. The number of nitrogens with one attached hydrogen (secondary N) is 1. The molecule has 0 aliphatic heterocycles. The van der Waals surface area contributed by atoms with E-state index in [0.29, 0.717) is 11.3 Å². The maximum absolute atomic E-state index is 11.9. The number of aromatic nitrogens is 1. The van der Waals surface area contributed by atoms with E-state index in [4.69, 9.17) is 4.74 Å². The Morgan fingerprint density at radius 2 is 2.00 bits per heavy atom. The van der Waals surface area contributed by atoms with Gasteiger partial charge in [0.2, 0.25) is 0 Å². The van der Waals surface area contributed by atoms with Gasteiger partial charge in [0.15, 0.2) is 0 Å². The predicted octanol–water partition coefficient (Wildman–Crippen LogP) is 1.86. The first-order valence-corrected chi connectivity index (χ1v) is 6.64. The van der Waals surface area contributed by atoms with E-state index in [2.05, 4.69) is 10.3 Å². The summed E-state index contributed by atoms with van der Waals surface area (Å²) in [6.45, 7) is 1.95. The van der Waals surface area contributed by atoms with Gasteiger partial charge in [-0.2, -0.15) is 0 Å². The highest BCUT2D eigenvalue weighted by molar-refractivity contribution is 5.92. The number of pyridine rings is 1. The molecule has 0 aliphatic rings. The molecule has 1 heterocycles. The van der Waals surface area contributed by atoms with Gasteiger partial charge < -0.3 is 15.2 Å². The zero-order chi connectivity index (χ0) is 15.2. The molecule has 1 amide bonds. The van der Waals surface area contributed by atoms with E-state index in [9.17, 15) is 9.90 Å². The Kier molecular flexibility index (Phi) is 4.90. The van der Waals surface area contributed by atoms with E-state index in [0.717, 1.165) is 11.4 Å². The Labute approximate surface area is 123 Å². The van der Waals surface area contributed by atoms with Gasteiger partial charge in [-0.3, -0.25) is 4.79 Å². The van der Waals surface area contributed by atoms with Crippen LogP contribution in [0.5, 0.6) is 5.75 Å². The lowest BCUT2D eigenvalue weighted by molar-refractivity contribution is 0.0911. The summed E-state index contributed by atoms with van der Waals surface area (Å²) in [5.74, 6) is 0.421. The smallest absolute Gasteiger partial charge is 0.269 e. The van der Waals surface area contributed by atoms with Crippen molar-refractivity contribution in [1.29, 1.82) is 0 Å². The topological polar surface area (TPSA) is 71.5 Å². The number of carbonyl (C=O) groups excluding carboxylic acids is 1. The standard InChI is InChI=1S/C16H18N2O3/c1-11-4-3-5-14(18-11)16(20)17-10-15(19)12-6-8-13(21-2)9-7-12/h3-9,15,19H,10H2,1-2H3,(H,17,20). The van der Waals surface area contributed by atoms with Gasteiger partial charge in [-0.1, -0.05) is 18.2 Å². The molecule has 2 rings (SSSR count). The first-order valence-electron chi connectivity index (χ1n) is 6.64. The molecular formula is C16H18N2O3. The number of hydrogen-bond acceptors (Lipinski definition) is 4. The fourth-order valence-corrected chi connectivity index (χ4v) is 1.89. The van der Waals surface area contributed by atoms with Crippen molar-refractivity contribution in [2.45, 2.75) is 13.0 Å². The molecule has 21 heavy (non-hydrogen) atoms. The van der Waals surface area contributed by atoms with Crippen molar-refractivity contribution in [2.75, 3.05) is 13.7 Å². The summed E-state index contributed by atoms with van der Waals surface area (Å²) < 4.78 is 5.06. The third-order valence-corrected chi connectivity index (χ3v) is 3.08. The largest absolute Gasteiger partial charge is 0.497 e. The van der Waals surface area contributed by atoms with E-state index in [1.807, 2.05) is 13.0 Å². The Morgan fingerprint density at radius 3 is 2.62 bits per heavy atom. The van der Waals surface area contributed by atoms with Gasteiger partial charge in [0.05, 0.1) is 13.2 Å². The second-order valence-electron chi connectivity index (χ2n) is 4.66. The molecule has 0 fully saturated rings. The Hall–Kier alpha value is -2.40. The number of aliphatic hydroxyl groups is 1. The Morgan fingerprint density at radius 1 is 1.29 bits per heavy atom. The molecule has 0 bridgehead atoms. The molecule has 1 unspecified atom stereocenters. The quantitative estimate of drug-likeness (QED) is 0.880. The summed E-state index contributed by atoms with van der Waals surface area (Å²) >= 11 is 0. The lowest BCUT2D eigenvalue weighted by Gasteiger charge is -2.12. The molecule has 0 spiro atoms. The summed E-state index contributed by atoms with van der Waals surface area (Å²) in [5.41, 5.74) is 1.84. The molecule has 1 aromatic carbocycles. The van der Waals surface area contributed by atoms with Crippen LogP contribution in [-0.2, 0) is 0 Å². The Balaban J connectivity index is 1.93. The van der Waals surface area contributed by atoms with Gasteiger partial charge in [0.1, 0.15) is 11.4 Å². The number of benzene rings is 1. The van der Waals surface area contributed by atoms with E-state index >= 15 is 0 Å². The molecule has 5 nitrogen and oxygen atoms in total. The zero-order valence-electron chi connectivity index (χ0n) is 12.0. The first-order chi connectivity index (χ1) is 10.1. The normalized spacial score (nSPS) is 11.8. The van der Waals surface area contributed by atoms with Crippen LogP contribution in [0.25, 0.3) is 0 Å². The van der Waals surface area contributed by atoms with Gasteiger partial charge in [-0.15, -0.1) is 0 Å². The first kappa shape index (κ1) is 15.0. The average molecular weight is 286 g/mol. The fraction of sp³-hybridized carbons (Fsp3) is 0.250. The van der Waals surface area contributed by atoms with Crippen molar-refractivity contribution in [2.24, 2.45) is 0 Å². The van der Waals surface area contributed by atoms with Crippen LogP contribution in [-0.4, -0.2) is 29.7 Å². The number of nitrogens with zero attached hydrogens (tertiary/aromatic N) is 1. The molecule has 110 valence electrons. The number of hydrogen-bond donors (Lipinski definition) is 2. The SMILES string of the molecule is COc1ccc(C(O)CNC(=O)c2cccc(C)n2)cc1. The molecule has 1 atom stereocenters. The maximum atomic E-state index is 11.9. The summed E-state index contributed by atoms with van der Waals surface area (Å²) in [6.07, 6.45) is -0.773. The van der Waals surface area contributed by atoms with Crippen LogP contribution in [0.3, 0.4) is 0 Å². The molecule has 2 N–H and O–H groups in total. The number of aliphatic hydroxyl groups excluding tert-OH is 1. The minimum absolute atomic E-state index is 0.126. The van der Waals surface area contributed by atoms with E-state index in [-0.39, 0.29) is 12.5 Å². The van der Waals surface area contributed by atoms with Gasteiger partial charge in [0, 0.05) is 12.2 Å². The van der Waals surface area contributed by atoms with Gasteiger partial charge >= 0.3 is 0 Å². The second-order valence-corrected chi connectivity index (χ2v) is 4.66. The number of ether oxygens (including phenoxy) is 1. The van der Waals surface area contributed by atoms with Crippen molar-refractivity contribution in [3.05, 3.63) is 59.4 Å². The molecule has 0 radical (unpaired) electrons. The minimum atomic E-state index is -0.773. The number of carbonyl (C=O) groups is 1. The van der Waals surface area contributed by atoms with Crippen LogP contribution < -0.4 is 10.1 Å². The van der Waals surface area contributed by atoms with Crippen molar-refractivity contribution >= 4 is 5.91 Å². The van der Waals surface area contributed by atoms with Crippen molar-refractivity contribution in [1.82, 2.24) is 10.3 Å². The van der Waals surface area contributed by atoms with E-state index < -0.39 is 6.10 Å². The third-order valence-electron chi connectivity index (χ3n) is 3.08. The summed E-state index contributed by atoms with van der Waals surface area (Å²) in [5, 5.41) is 12.7. The number of methoxy groups -OCH3 is 1. The van der Waals surface area contributed by atoms with Gasteiger partial charge in [-0.25, -0.2) is 4.98 Å². The molecule has 2 aromatic rings. The highest BCUT2D eigenvalue weighted by Gasteiger charge is 2.11. The third kappa shape index (κ3) is 4.03. The molecule has 0 saturated carbocycles. The van der Waals surface area contributed by atoms with Crippen molar-refractivity contribution in [3.63, 3.8) is 0 Å². The molecular weight excluding hydrogens is 268 g/mol. The monoisotopic (exact) mass is 286 g/mol. The van der Waals surface area contributed by atoms with Crippen LogP contribution >= 0.6 is 0 Å². The van der Waals surface area contributed by atoms with Crippen molar-refractivity contribution < 1.29 is 14.6 Å². The highest BCUT2D eigenvalue weighted by Crippen LogP contribution is 2.17. The van der Waals surface area contributed by atoms with E-state index in [1.165, 1.54) is 0 Å². The summed E-state index contributed by atoms with van der Waals surface area (Å²) in [6, 6.07) is 12.3. The van der Waals surface area contributed by atoms with Crippen molar-refractivity contribution in [3.8, 4) is 5.75 Å². The van der Waals surface area contributed by atoms with Crippen LogP contribution in [0.1, 0.15) is 27.8 Å². The van der Waals surface area contributed by atoms with E-state index in [1.54, 1.807) is 43.5 Å². The second kappa shape index (κ2) is 6.85. The lowest BCUT2D eigenvalue weighted by Crippen LogP contribution is -2.29. The number of amides is 1. The van der Waals surface area contributed by atoms with Crippen LogP contribution in [0.15, 0.2) is 42.5 Å². The van der Waals surface area contributed by atoms with Gasteiger partial charge in [0.25, 0.3) is 5.91 Å². The molecule has 5 heteroatoms. The van der Waals surface area contributed by atoms with Crippen LogP contribution in [0, 0.1) is 6.92 Å². The summed E-state index contributed by atoms with van der Waals surface area (Å²) in [7, 11) is 1.58. The molecule has 0 aliphatic carbocycles. The Bertz CT molecular complexity index is 611. The molecule has 1 aromatic heterocycles. The van der Waals surface area contributed by atoms with Crippen LogP contribution in [0.4, 0.5) is 0 Å². The van der Waals surface area contributed by atoms with Gasteiger partial charge in [-0.05, 0) is 36.8 Å². The number of aryl methyl sites for hydroxylation is 1. The van der Waals surface area contributed by atoms with Crippen LogP contribution in [0.2, 0.25) is 0 Å².